The van der Waals surface area contributed by atoms with E-state index < -0.39 is 0 Å². The van der Waals surface area contributed by atoms with Crippen LogP contribution in [0.5, 0.6) is 0 Å². The minimum absolute atomic E-state index is 0.0168. The molecule has 0 aliphatic heterocycles. The van der Waals surface area contributed by atoms with Gasteiger partial charge in [-0.2, -0.15) is 0 Å². The predicted octanol–water partition coefficient (Wildman–Crippen LogP) is 3.78. The normalized spacial score (nSPS) is 13.7. The number of Topliss-reactive ketones (excluding diaryl/α,β-unsaturated/α-hetero) is 1. The molecule has 0 bridgehead atoms. The summed E-state index contributed by atoms with van der Waals surface area (Å²) in [6.45, 7) is 0. The Morgan fingerprint density at radius 2 is 1.86 bits per heavy atom. The molecule has 3 aromatic rings. The average Bonchev–Trinajstić information content (AvgIpc) is 3.39. The lowest BCUT2D eigenvalue weighted by atomic mass is 10.0. The lowest BCUT2D eigenvalue weighted by Gasteiger charge is -2.19. The molecule has 1 heterocycles. The largest absolute Gasteiger partial charge is 0.342 e. The number of fused-ring (bicyclic) bond motifs is 1. The molecule has 1 aromatic heterocycles. The Morgan fingerprint density at radius 1 is 1.07 bits per heavy atom. The van der Waals surface area contributed by atoms with Gasteiger partial charge in [0.15, 0.2) is 5.78 Å². The third-order valence-corrected chi connectivity index (χ3v) is 5.55. The number of hydrogen-bond acceptors (Lipinski definition) is 3. The van der Waals surface area contributed by atoms with Crippen LogP contribution in [0.15, 0.2) is 60.9 Å². The summed E-state index contributed by atoms with van der Waals surface area (Å²) in [6, 6.07) is 15.4. The van der Waals surface area contributed by atoms with Crippen LogP contribution < -0.4 is 5.32 Å². The van der Waals surface area contributed by atoms with Gasteiger partial charge in [-0.1, -0.05) is 42.5 Å². The van der Waals surface area contributed by atoms with Gasteiger partial charge in [-0.3, -0.25) is 9.59 Å². The smallest absolute Gasteiger partial charge is 0.221 e. The fourth-order valence-corrected chi connectivity index (χ4v) is 3.95. The SMILES string of the molecule is Cn1ccnc1C(NC(=O)CCC(=O)c1ccc2c(c1)CCC2)c1ccccc1. The van der Waals surface area contributed by atoms with E-state index in [0.717, 1.165) is 30.7 Å². The summed E-state index contributed by atoms with van der Waals surface area (Å²) in [7, 11) is 1.90. The van der Waals surface area contributed by atoms with Crippen molar-refractivity contribution in [2.75, 3.05) is 0 Å². The number of benzene rings is 2. The van der Waals surface area contributed by atoms with Gasteiger partial charge in [-0.15, -0.1) is 0 Å². The monoisotopic (exact) mass is 387 g/mol. The zero-order valence-corrected chi connectivity index (χ0v) is 16.6. The van der Waals surface area contributed by atoms with Crippen molar-refractivity contribution in [1.29, 1.82) is 0 Å². The maximum Gasteiger partial charge on any atom is 0.221 e. The molecule has 1 unspecified atom stereocenters. The lowest BCUT2D eigenvalue weighted by Crippen LogP contribution is -2.31. The molecular weight excluding hydrogens is 362 g/mol. The molecule has 4 rings (SSSR count). The molecule has 1 atom stereocenters. The Bertz CT molecular complexity index is 1020. The first-order valence-corrected chi connectivity index (χ1v) is 10.1. The summed E-state index contributed by atoms with van der Waals surface area (Å²) >= 11 is 0. The van der Waals surface area contributed by atoms with Crippen molar-refractivity contribution >= 4 is 11.7 Å². The van der Waals surface area contributed by atoms with E-state index in [0.29, 0.717) is 5.56 Å². The molecular formula is C24H25N3O2. The van der Waals surface area contributed by atoms with Crippen LogP contribution in [-0.4, -0.2) is 21.2 Å². The number of aryl methyl sites for hydroxylation is 3. The first-order chi connectivity index (χ1) is 14.1. The van der Waals surface area contributed by atoms with Gasteiger partial charge in [0.05, 0.1) is 0 Å². The van der Waals surface area contributed by atoms with Gasteiger partial charge in [0, 0.05) is 37.8 Å². The molecule has 0 spiro atoms. The van der Waals surface area contributed by atoms with Crippen LogP contribution in [0.25, 0.3) is 0 Å². The van der Waals surface area contributed by atoms with E-state index in [-0.39, 0.29) is 30.6 Å². The highest BCUT2D eigenvalue weighted by molar-refractivity contribution is 5.98. The van der Waals surface area contributed by atoms with E-state index in [4.69, 9.17) is 0 Å². The van der Waals surface area contributed by atoms with Crippen LogP contribution in [0.2, 0.25) is 0 Å². The summed E-state index contributed by atoms with van der Waals surface area (Å²) in [4.78, 5) is 29.6. The van der Waals surface area contributed by atoms with Crippen molar-refractivity contribution in [2.24, 2.45) is 7.05 Å². The van der Waals surface area contributed by atoms with E-state index in [2.05, 4.69) is 16.4 Å². The number of aromatic nitrogens is 2. The Morgan fingerprint density at radius 3 is 2.62 bits per heavy atom. The predicted molar refractivity (Wildman–Crippen MR) is 112 cm³/mol. The fraction of sp³-hybridized carbons (Fsp3) is 0.292. The van der Waals surface area contributed by atoms with Crippen molar-refractivity contribution in [2.45, 2.75) is 38.1 Å². The minimum Gasteiger partial charge on any atom is -0.342 e. The molecule has 1 aliphatic carbocycles. The molecule has 5 heteroatoms. The molecule has 1 N–H and O–H groups in total. The second kappa shape index (κ2) is 8.43. The van der Waals surface area contributed by atoms with Crippen LogP contribution in [0.4, 0.5) is 0 Å². The summed E-state index contributed by atoms with van der Waals surface area (Å²) < 4.78 is 1.90. The summed E-state index contributed by atoms with van der Waals surface area (Å²) in [5.74, 6) is 0.619. The van der Waals surface area contributed by atoms with Crippen LogP contribution >= 0.6 is 0 Å². The molecule has 0 fully saturated rings. The topological polar surface area (TPSA) is 64.0 Å². The molecule has 0 saturated carbocycles. The number of rotatable bonds is 7. The van der Waals surface area contributed by atoms with Crippen LogP contribution in [0, 0.1) is 0 Å². The molecule has 148 valence electrons. The van der Waals surface area contributed by atoms with Crippen molar-refractivity contribution in [3.63, 3.8) is 0 Å². The second-order valence-corrected chi connectivity index (χ2v) is 7.57. The molecule has 1 aliphatic rings. The second-order valence-electron chi connectivity index (χ2n) is 7.57. The van der Waals surface area contributed by atoms with Gasteiger partial charge in [-0.25, -0.2) is 4.98 Å². The number of carbonyl (C=O) groups excluding carboxylic acids is 2. The molecule has 0 saturated heterocycles. The number of hydrogen-bond donors (Lipinski definition) is 1. The van der Waals surface area contributed by atoms with E-state index in [1.165, 1.54) is 11.1 Å². The number of carbonyl (C=O) groups is 2. The Balaban J connectivity index is 1.42. The zero-order chi connectivity index (χ0) is 20.2. The van der Waals surface area contributed by atoms with Gasteiger partial charge in [0.2, 0.25) is 5.91 Å². The van der Waals surface area contributed by atoms with Crippen LogP contribution in [-0.2, 0) is 24.7 Å². The Labute approximate surface area is 170 Å². The van der Waals surface area contributed by atoms with E-state index >= 15 is 0 Å². The van der Waals surface area contributed by atoms with Gasteiger partial charge < -0.3 is 9.88 Å². The highest BCUT2D eigenvalue weighted by atomic mass is 16.2. The van der Waals surface area contributed by atoms with Crippen LogP contribution in [0.3, 0.4) is 0 Å². The number of ketones is 1. The Kier molecular flexibility index (Phi) is 5.56. The van der Waals surface area contributed by atoms with Gasteiger partial charge in [0.25, 0.3) is 0 Å². The zero-order valence-electron chi connectivity index (χ0n) is 16.6. The third kappa shape index (κ3) is 4.29. The first kappa shape index (κ1) is 19.1. The molecule has 5 nitrogen and oxygen atoms in total. The highest BCUT2D eigenvalue weighted by Crippen LogP contribution is 2.24. The third-order valence-electron chi connectivity index (χ3n) is 5.55. The number of nitrogens with one attached hydrogen (secondary N) is 1. The van der Waals surface area contributed by atoms with E-state index in [1.54, 1.807) is 6.20 Å². The minimum atomic E-state index is -0.348. The average molecular weight is 387 g/mol. The van der Waals surface area contributed by atoms with Crippen molar-refractivity contribution in [3.8, 4) is 0 Å². The van der Waals surface area contributed by atoms with Gasteiger partial charge in [0.1, 0.15) is 11.9 Å². The Hall–Kier alpha value is -3.21. The van der Waals surface area contributed by atoms with Gasteiger partial charge >= 0.3 is 0 Å². The number of nitrogens with zero attached hydrogens (tertiary/aromatic N) is 2. The highest BCUT2D eigenvalue weighted by Gasteiger charge is 2.21. The maximum atomic E-state index is 12.7. The van der Waals surface area contributed by atoms with Crippen molar-refractivity contribution < 1.29 is 9.59 Å². The van der Waals surface area contributed by atoms with Gasteiger partial charge in [-0.05, 0) is 42.0 Å². The quantitative estimate of drug-likeness (QED) is 0.628. The summed E-state index contributed by atoms with van der Waals surface area (Å²) in [5.41, 5.74) is 4.29. The van der Waals surface area contributed by atoms with Crippen LogP contribution in [0.1, 0.15) is 58.2 Å². The van der Waals surface area contributed by atoms with E-state index in [1.807, 2.05) is 60.3 Å². The number of amides is 1. The molecule has 29 heavy (non-hydrogen) atoms. The van der Waals surface area contributed by atoms with Crippen molar-refractivity contribution in [3.05, 3.63) is 89.0 Å². The van der Waals surface area contributed by atoms with Crippen molar-refractivity contribution in [1.82, 2.24) is 14.9 Å². The standard InChI is InChI=1S/C24H25N3O2/c1-27-15-14-25-24(27)23(18-6-3-2-4-7-18)26-22(29)13-12-21(28)20-11-10-17-8-5-9-19(17)16-20/h2-4,6-7,10-11,14-16,23H,5,8-9,12-13H2,1H3,(H,26,29). The van der Waals surface area contributed by atoms with E-state index in [9.17, 15) is 9.59 Å². The maximum absolute atomic E-state index is 12.7. The lowest BCUT2D eigenvalue weighted by molar-refractivity contribution is -0.121. The summed E-state index contributed by atoms with van der Waals surface area (Å²) in [5, 5.41) is 3.05. The molecule has 0 radical (unpaired) electrons. The fourth-order valence-electron chi connectivity index (χ4n) is 3.95. The summed E-state index contributed by atoms with van der Waals surface area (Å²) in [6.07, 6.45) is 7.23. The number of imidazole rings is 1. The molecule has 2 aromatic carbocycles. The molecule has 1 amide bonds. The first-order valence-electron chi connectivity index (χ1n) is 10.1.